The average Bonchev–Trinajstić information content (AvgIpc) is 2.23. The van der Waals surface area contributed by atoms with Gasteiger partial charge in [0.1, 0.15) is 5.84 Å². The summed E-state index contributed by atoms with van der Waals surface area (Å²) in [5, 5.41) is 6.51. The summed E-state index contributed by atoms with van der Waals surface area (Å²) in [6.45, 7) is 10.9. The summed E-state index contributed by atoms with van der Waals surface area (Å²) in [4.78, 5) is 2.40. The molecule has 0 aliphatic heterocycles. The maximum Gasteiger partial charge on any atom is 0.128 e. The van der Waals surface area contributed by atoms with Crippen LogP contribution in [0.4, 0.5) is 0 Å². The average molecular weight is 239 g/mol. The Morgan fingerprint density at radius 2 is 1.59 bits per heavy atom. The molecule has 17 heavy (non-hydrogen) atoms. The van der Waals surface area contributed by atoms with E-state index >= 15 is 0 Å². The van der Waals surface area contributed by atoms with E-state index < -0.39 is 0 Å². The molecule has 0 amide bonds. The maximum absolute atomic E-state index is 4.62. The Morgan fingerprint density at radius 1 is 1.06 bits per heavy atom. The minimum Gasteiger partial charge on any atom is -0.358 e. The van der Waals surface area contributed by atoms with Crippen molar-refractivity contribution in [1.29, 1.82) is 0 Å². The van der Waals surface area contributed by atoms with Gasteiger partial charge in [-0.25, -0.2) is 0 Å². The second-order valence-corrected chi connectivity index (χ2v) is 4.84. The van der Waals surface area contributed by atoms with E-state index in [1.807, 2.05) is 19.1 Å². The first kappa shape index (κ1) is 16.0. The predicted molar refractivity (Wildman–Crippen MR) is 77.3 cm³/mol. The fourth-order valence-electron chi connectivity index (χ4n) is 1.67. The van der Waals surface area contributed by atoms with E-state index in [0.29, 0.717) is 0 Å². The Hall–Kier alpha value is -0.990. The van der Waals surface area contributed by atoms with Crippen LogP contribution >= 0.6 is 0 Å². The van der Waals surface area contributed by atoms with Crippen molar-refractivity contribution in [2.24, 2.45) is 5.10 Å². The van der Waals surface area contributed by atoms with Crippen molar-refractivity contribution in [2.75, 3.05) is 27.2 Å². The van der Waals surface area contributed by atoms with Gasteiger partial charge in [-0.05, 0) is 26.7 Å². The third-order valence-corrected chi connectivity index (χ3v) is 2.36. The van der Waals surface area contributed by atoms with E-state index in [1.54, 1.807) is 0 Å². The van der Waals surface area contributed by atoms with Gasteiger partial charge >= 0.3 is 0 Å². The van der Waals surface area contributed by atoms with E-state index in [4.69, 9.17) is 0 Å². The van der Waals surface area contributed by atoms with E-state index in [0.717, 1.165) is 19.5 Å². The van der Waals surface area contributed by atoms with Crippen molar-refractivity contribution in [3.63, 3.8) is 0 Å². The normalized spacial score (nSPS) is 11.3. The number of hydrazone groups is 1. The minimum atomic E-state index is 0.931. The third-order valence-electron chi connectivity index (χ3n) is 2.36. The van der Waals surface area contributed by atoms with Gasteiger partial charge in [0, 0.05) is 33.6 Å². The lowest BCUT2D eigenvalue weighted by atomic mass is 10.2. The van der Waals surface area contributed by atoms with Crippen molar-refractivity contribution in [3.05, 3.63) is 11.6 Å². The fraction of sp³-hybridized carbons (Fsp3) is 0.786. The maximum atomic E-state index is 4.62. The Balaban J connectivity index is 4.78. The van der Waals surface area contributed by atoms with Gasteiger partial charge in [0.2, 0.25) is 0 Å². The van der Waals surface area contributed by atoms with Gasteiger partial charge in [0.05, 0.1) is 0 Å². The molecule has 0 unspecified atom stereocenters. The standard InChI is InChI=1S/C14H29N3/c1-7-11-17(12-8-2)14(15-16(5)6)10-9-13(3)4/h9H,7-8,10-12H2,1-6H3/b15-14-. The summed E-state index contributed by atoms with van der Waals surface area (Å²) in [7, 11) is 3.97. The van der Waals surface area contributed by atoms with E-state index in [2.05, 4.69) is 43.8 Å². The second-order valence-electron chi connectivity index (χ2n) is 4.84. The summed E-state index contributed by atoms with van der Waals surface area (Å²) in [6, 6.07) is 0. The third kappa shape index (κ3) is 7.83. The zero-order valence-corrected chi connectivity index (χ0v) is 12.5. The highest BCUT2D eigenvalue weighted by Crippen LogP contribution is 2.05. The first-order valence-corrected chi connectivity index (χ1v) is 6.64. The van der Waals surface area contributed by atoms with Gasteiger partial charge in [-0.15, -0.1) is 0 Å². The highest BCUT2D eigenvalue weighted by Gasteiger charge is 2.09. The van der Waals surface area contributed by atoms with E-state index in [1.165, 1.54) is 24.3 Å². The lowest BCUT2D eigenvalue weighted by Crippen LogP contribution is -2.33. The van der Waals surface area contributed by atoms with Crippen LogP contribution in [0.2, 0.25) is 0 Å². The number of hydrogen-bond acceptors (Lipinski definition) is 2. The summed E-state index contributed by atoms with van der Waals surface area (Å²) < 4.78 is 0. The lowest BCUT2D eigenvalue weighted by Gasteiger charge is -2.26. The molecule has 0 saturated carbocycles. The second kappa shape index (κ2) is 9.08. The van der Waals surface area contributed by atoms with Gasteiger partial charge in [0.25, 0.3) is 0 Å². The molecular formula is C14H29N3. The molecule has 0 saturated heterocycles. The van der Waals surface area contributed by atoms with Crippen LogP contribution in [0.3, 0.4) is 0 Å². The van der Waals surface area contributed by atoms with Crippen LogP contribution in [0.1, 0.15) is 47.0 Å². The molecule has 3 nitrogen and oxygen atoms in total. The quantitative estimate of drug-likeness (QED) is 0.294. The summed E-state index contributed by atoms with van der Waals surface area (Å²) >= 11 is 0. The molecule has 0 fully saturated rings. The van der Waals surface area contributed by atoms with Gasteiger partial charge in [0.15, 0.2) is 0 Å². The van der Waals surface area contributed by atoms with Crippen LogP contribution in [-0.2, 0) is 0 Å². The van der Waals surface area contributed by atoms with Crippen molar-refractivity contribution >= 4 is 5.84 Å². The molecule has 0 aromatic heterocycles. The molecule has 0 bridgehead atoms. The fourth-order valence-corrected chi connectivity index (χ4v) is 1.67. The highest BCUT2D eigenvalue weighted by atomic mass is 15.4. The van der Waals surface area contributed by atoms with E-state index in [9.17, 15) is 0 Å². The Labute approximate surface area is 107 Å². The van der Waals surface area contributed by atoms with Crippen LogP contribution in [0.5, 0.6) is 0 Å². The van der Waals surface area contributed by atoms with Crippen LogP contribution < -0.4 is 0 Å². The Morgan fingerprint density at radius 3 is 1.94 bits per heavy atom. The Kier molecular flexibility index (Phi) is 8.55. The van der Waals surface area contributed by atoms with Gasteiger partial charge < -0.3 is 9.91 Å². The summed E-state index contributed by atoms with van der Waals surface area (Å²) in [5.74, 6) is 1.18. The lowest BCUT2D eigenvalue weighted by molar-refractivity contribution is 0.376. The molecule has 0 aliphatic rings. The van der Waals surface area contributed by atoms with Gasteiger partial charge in [-0.2, -0.15) is 5.10 Å². The molecule has 0 aromatic carbocycles. The Bertz CT molecular complexity index is 244. The number of nitrogens with zero attached hydrogens (tertiary/aromatic N) is 3. The molecule has 0 aliphatic carbocycles. The number of rotatable bonds is 7. The van der Waals surface area contributed by atoms with Crippen molar-refractivity contribution in [2.45, 2.75) is 47.0 Å². The molecule has 3 heteroatoms. The monoisotopic (exact) mass is 239 g/mol. The molecular weight excluding hydrogens is 210 g/mol. The number of hydrogen-bond donors (Lipinski definition) is 0. The van der Waals surface area contributed by atoms with E-state index in [-0.39, 0.29) is 0 Å². The molecule has 0 atom stereocenters. The van der Waals surface area contributed by atoms with Crippen LogP contribution in [0.15, 0.2) is 16.8 Å². The first-order valence-electron chi connectivity index (χ1n) is 6.64. The van der Waals surface area contributed by atoms with Crippen molar-refractivity contribution in [1.82, 2.24) is 9.91 Å². The highest BCUT2D eigenvalue weighted by molar-refractivity contribution is 5.83. The predicted octanol–water partition coefficient (Wildman–Crippen LogP) is 3.34. The smallest absolute Gasteiger partial charge is 0.128 e. The SMILES string of the molecule is CCCN(CCC)/C(CC=C(C)C)=N\N(C)C. The first-order chi connectivity index (χ1) is 8.01. The summed E-state index contributed by atoms with van der Waals surface area (Å²) in [5.41, 5.74) is 1.35. The molecule has 0 spiro atoms. The minimum absolute atomic E-state index is 0.931. The molecule has 0 aromatic rings. The van der Waals surface area contributed by atoms with Gasteiger partial charge in [-0.3, -0.25) is 0 Å². The molecule has 0 heterocycles. The molecule has 100 valence electrons. The van der Waals surface area contributed by atoms with Crippen LogP contribution in [0, 0.1) is 0 Å². The summed E-state index contributed by atoms with van der Waals surface area (Å²) in [6.07, 6.45) is 5.52. The number of allylic oxidation sites excluding steroid dienone is 1. The largest absolute Gasteiger partial charge is 0.358 e. The van der Waals surface area contributed by atoms with Crippen molar-refractivity contribution in [3.8, 4) is 0 Å². The van der Waals surface area contributed by atoms with Crippen molar-refractivity contribution < 1.29 is 0 Å². The molecule has 0 radical (unpaired) electrons. The number of amidine groups is 1. The van der Waals surface area contributed by atoms with Crippen LogP contribution in [0.25, 0.3) is 0 Å². The molecule has 0 N–H and O–H groups in total. The zero-order chi connectivity index (χ0) is 13.3. The topological polar surface area (TPSA) is 18.8 Å². The van der Waals surface area contributed by atoms with Gasteiger partial charge in [-0.1, -0.05) is 25.5 Å². The zero-order valence-electron chi connectivity index (χ0n) is 12.5. The molecule has 0 rings (SSSR count). The van der Waals surface area contributed by atoms with Crippen LogP contribution in [-0.4, -0.2) is 42.9 Å².